The number of allylic oxidation sites excluding steroid dienone is 1. The largest absolute Gasteiger partial charge is 0.493 e. The molecule has 2 aliphatic carbocycles. The Kier molecular flexibility index (Phi) is 7.85. The van der Waals surface area contributed by atoms with E-state index >= 15 is 0 Å². The molecule has 1 saturated carbocycles. The van der Waals surface area contributed by atoms with E-state index in [1.807, 2.05) is 49.4 Å². The smallest absolute Gasteiger partial charge is 0.425 e. The number of ether oxygens (including phenoxy) is 2. The Morgan fingerprint density at radius 3 is 2.80 bits per heavy atom. The summed E-state index contributed by atoms with van der Waals surface area (Å²) in [5.41, 5.74) is 2.30. The van der Waals surface area contributed by atoms with E-state index in [0.29, 0.717) is 40.4 Å². The summed E-state index contributed by atoms with van der Waals surface area (Å²) in [6, 6.07) is 5.84. The maximum atomic E-state index is 13.2. The molecule has 0 radical (unpaired) electrons. The third-order valence-corrected chi connectivity index (χ3v) is 8.47. The SMILES string of the molecule is CCOc1ccc(/C=C2/SC3C=CC(C(=O)NC4CCCC(C)C4C)=CC3=[N+](C)C2=O)cc1OC. The molecule has 7 heteroatoms. The highest BCUT2D eigenvalue weighted by atomic mass is 32.2. The van der Waals surface area contributed by atoms with Crippen LogP contribution in [0.1, 0.15) is 45.6 Å². The number of hydrogen-bond acceptors (Lipinski definition) is 5. The molecular weight excluding hydrogens is 460 g/mol. The van der Waals surface area contributed by atoms with E-state index in [0.717, 1.165) is 24.1 Å². The summed E-state index contributed by atoms with van der Waals surface area (Å²) in [7, 11) is 3.37. The molecule has 3 aliphatic rings. The van der Waals surface area contributed by atoms with Crippen molar-refractivity contribution in [3.8, 4) is 11.5 Å². The number of benzene rings is 1. The van der Waals surface area contributed by atoms with E-state index in [1.54, 1.807) is 18.7 Å². The van der Waals surface area contributed by atoms with Gasteiger partial charge in [0.05, 0.1) is 13.7 Å². The van der Waals surface area contributed by atoms with Crippen molar-refractivity contribution in [2.24, 2.45) is 11.8 Å². The fourth-order valence-corrected chi connectivity index (χ4v) is 6.13. The van der Waals surface area contributed by atoms with Gasteiger partial charge in [0.15, 0.2) is 11.5 Å². The van der Waals surface area contributed by atoms with Gasteiger partial charge < -0.3 is 14.8 Å². The van der Waals surface area contributed by atoms with Crippen molar-refractivity contribution in [3.05, 3.63) is 52.5 Å². The zero-order chi connectivity index (χ0) is 25.1. The van der Waals surface area contributed by atoms with Crippen LogP contribution in [0.2, 0.25) is 0 Å². The van der Waals surface area contributed by atoms with Crippen LogP contribution in [0.5, 0.6) is 11.5 Å². The predicted octanol–water partition coefficient (Wildman–Crippen LogP) is 4.60. The normalized spacial score (nSPS) is 27.4. The number of nitrogens with zero attached hydrogens (tertiary/aromatic N) is 1. The zero-order valence-corrected chi connectivity index (χ0v) is 22.0. The molecule has 186 valence electrons. The van der Waals surface area contributed by atoms with E-state index < -0.39 is 0 Å². The molecular formula is C28H35N2O4S+. The first-order chi connectivity index (χ1) is 16.8. The summed E-state index contributed by atoms with van der Waals surface area (Å²) >= 11 is 1.50. The van der Waals surface area contributed by atoms with E-state index in [9.17, 15) is 9.59 Å². The monoisotopic (exact) mass is 495 g/mol. The highest BCUT2D eigenvalue weighted by molar-refractivity contribution is 8.05. The molecule has 1 N–H and O–H groups in total. The van der Waals surface area contributed by atoms with Gasteiger partial charge >= 0.3 is 5.91 Å². The summed E-state index contributed by atoms with van der Waals surface area (Å²) in [5, 5.41) is 3.21. The van der Waals surface area contributed by atoms with Crippen LogP contribution in [0.15, 0.2) is 46.9 Å². The van der Waals surface area contributed by atoms with Crippen molar-refractivity contribution < 1.29 is 23.6 Å². The van der Waals surface area contributed by atoms with Crippen LogP contribution in [0.4, 0.5) is 0 Å². The predicted molar refractivity (Wildman–Crippen MR) is 141 cm³/mol. The lowest BCUT2D eigenvalue weighted by molar-refractivity contribution is -0.413. The Bertz CT molecular complexity index is 1130. The van der Waals surface area contributed by atoms with Crippen LogP contribution < -0.4 is 14.8 Å². The fraction of sp³-hybridized carbons (Fsp3) is 0.464. The quantitative estimate of drug-likeness (QED) is 0.462. The molecule has 35 heavy (non-hydrogen) atoms. The number of carbonyl (C=O) groups excluding carboxylic acids is 2. The summed E-state index contributed by atoms with van der Waals surface area (Å²) in [6.45, 7) is 6.96. The number of amides is 2. The molecule has 0 saturated heterocycles. The lowest BCUT2D eigenvalue weighted by Crippen LogP contribution is -2.44. The number of nitrogens with one attached hydrogen (secondary N) is 1. The second-order valence-corrected chi connectivity index (χ2v) is 10.7. The third kappa shape index (κ3) is 5.40. The number of hydrogen-bond donors (Lipinski definition) is 1. The zero-order valence-electron chi connectivity index (χ0n) is 21.2. The van der Waals surface area contributed by atoms with Gasteiger partial charge in [0.1, 0.15) is 17.2 Å². The molecule has 4 atom stereocenters. The molecule has 0 spiro atoms. The highest BCUT2D eigenvalue weighted by Gasteiger charge is 2.38. The van der Waals surface area contributed by atoms with Crippen molar-refractivity contribution in [1.82, 2.24) is 5.32 Å². The number of rotatable bonds is 6. The average molecular weight is 496 g/mol. The molecule has 1 heterocycles. The van der Waals surface area contributed by atoms with Gasteiger partial charge in [-0.25, -0.2) is 4.79 Å². The molecule has 0 bridgehead atoms. The Hall–Kier alpha value is -2.80. The average Bonchev–Trinajstić information content (AvgIpc) is 2.86. The van der Waals surface area contributed by atoms with E-state index in [2.05, 4.69) is 19.2 Å². The van der Waals surface area contributed by atoms with Crippen molar-refractivity contribution in [2.75, 3.05) is 20.8 Å². The van der Waals surface area contributed by atoms with Gasteiger partial charge in [-0.2, -0.15) is 4.58 Å². The van der Waals surface area contributed by atoms with Crippen LogP contribution in [-0.2, 0) is 9.59 Å². The minimum absolute atomic E-state index is 0.0290. The minimum Gasteiger partial charge on any atom is -0.493 e. The van der Waals surface area contributed by atoms with Crippen molar-refractivity contribution in [2.45, 2.75) is 51.3 Å². The van der Waals surface area contributed by atoms with Gasteiger partial charge in [-0.15, -0.1) is 0 Å². The Morgan fingerprint density at radius 1 is 1.26 bits per heavy atom. The Labute approximate surface area is 212 Å². The summed E-state index contributed by atoms with van der Waals surface area (Å²) in [4.78, 5) is 26.9. The maximum absolute atomic E-state index is 13.2. The Balaban J connectivity index is 1.54. The number of thioether (sulfide) groups is 1. The van der Waals surface area contributed by atoms with Crippen LogP contribution in [0.25, 0.3) is 6.08 Å². The van der Waals surface area contributed by atoms with Crippen molar-refractivity contribution >= 4 is 35.4 Å². The Morgan fingerprint density at radius 2 is 2.06 bits per heavy atom. The number of fused-ring (bicyclic) bond motifs is 1. The van der Waals surface area contributed by atoms with Gasteiger partial charge in [-0.3, -0.25) is 4.79 Å². The highest BCUT2D eigenvalue weighted by Crippen LogP contribution is 2.35. The summed E-state index contributed by atoms with van der Waals surface area (Å²) in [6.07, 6.45) is 11.0. The van der Waals surface area contributed by atoms with E-state index in [1.165, 1.54) is 18.2 Å². The molecule has 2 amide bonds. The van der Waals surface area contributed by atoms with Gasteiger partial charge in [-0.1, -0.05) is 56.7 Å². The lowest BCUT2D eigenvalue weighted by Gasteiger charge is -2.34. The summed E-state index contributed by atoms with van der Waals surface area (Å²) in [5.74, 6) is 2.23. The first-order valence-corrected chi connectivity index (χ1v) is 13.2. The lowest BCUT2D eigenvalue weighted by atomic mass is 9.78. The molecule has 1 aromatic rings. The van der Waals surface area contributed by atoms with Gasteiger partial charge in [0, 0.05) is 17.7 Å². The van der Waals surface area contributed by atoms with Crippen molar-refractivity contribution in [3.63, 3.8) is 0 Å². The van der Waals surface area contributed by atoms with E-state index in [-0.39, 0.29) is 23.1 Å². The van der Waals surface area contributed by atoms with Crippen LogP contribution in [0.3, 0.4) is 0 Å². The first-order valence-electron chi connectivity index (χ1n) is 12.4. The molecule has 6 nitrogen and oxygen atoms in total. The second kappa shape index (κ2) is 10.9. The maximum Gasteiger partial charge on any atom is 0.425 e. The fourth-order valence-electron chi connectivity index (χ4n) is 4.91. The molecule has 1 aromatic carbocycles. The molecule has 1 fully saturated rings. The van der Waals surface area contributed by atoms with Crippen LogP contribution in [-0.4, -0.2) is 54.2 Å². The van der Waals surface area contributed by atoms with Gasteiger partial charge in [-0.05, 0) is 49.0 Å². The topological polar surface area (TPSA) is 67.6 Å². The number of likely N-dealkylation sites (N-methyl/N-ethyl adjacent to an activating group) is 1. The van der Waals surface area contributed by atoms with Crippen LogP contribution in [0, 0.1) is 11.8 Å². The second-order valence-electron chi connectivity index (χ2n) is 9.49. The minimum atomic E-state index is -0.0878. The van der Waals surface area contributed by atoms with Crippen molar-refractivity contribution in [1.29, 1.82) is 0 Å². The number of methoxy groups -OCH3 is 1. The molecule has 4 unspecified atom stereocenters. The standard InChI is InChI=1S/C28H34N2O4S/c1-6-34-23-12-10-19(14-24(23)33-5)15-26-28(32)30(4)22-16-20(11-13-25(22)35-26)27(31)29-21-9-7-8-17(2)18(21)3/h10-18,21,25H,6-9H2,1-5H3/p+1/b26-15+. The van der Waals surface area contributed by atoms with E-state index in [4.69, 9.17) is 9.47 Å². The van der Waals surface area contributed by atoms with Crippen LogP contribution >= 0.6 is 11.8 Å². The van der Waals surface area contributed by atoms with Gasteiger partial charge in [0.2, 0.25) is 5.71 Å². The molecule has 1 aliphatic heterocycles. The summed E-state index contributed by atoms with van der Waals surface area (Å²) < 4.78 is 12.7. The third-order valence-electron chi connectivity index (χ3n) is 7.27. The molecule has 0 aromatic heterocycles. The number of carbonyl (C=O) groups is 2. The first kappa shape index (κ1) is 25.3. The molecule has 4 rings (SSSR count). The van der Waals surface area contributed by atoms with Gasteiger partial charge in [0.25, 0.3) is 5.91 Å².